The molecular weight excluding hydrogens is 307 g/mol. The SMILES string of the molecule is CC(NOCC(N)=O)c1ccc(I)cc1. The molecule has 15 heavy (non-hydrogen) atoms. The van der Waals surface area contributed by atoms with Crippen LogP contribution in [0.1, 0.15) is 18.5 Å². The Bertz CT molecular complexity index is 327. The lowest BCUT2D eigenvalue weighted by Crippen LogP contribution is -2.26. The number of rotatable bonds is 5. The van der Waals surface area contributed by atoms with Gasteiger partial charge in [0.05, 0.1) is 6.04 Å². The average Bonchev–Trinajstić information content (AvgIpc) is 2.18. The number of carbonyl (C=O) groups is 1. The zero-order valence-electron chi connectivity index (χ0n) is 8.37. The number of hydrogen-bond donors (Lipinski definition) is 2. The second-order valence-electron chi connectivity index (χ2n) is 3.15. The van der Waals surface area contributed by atoms with Gasteiger partial charge in [-0.15, -0.1) is 0 Å². The summed E-state index contributed by atoms with van der Waals surface area (Å²) in [5.41, 5.74) is 8.78. The van der Waals surface area contributed by atoms with Crippen LogP contribution in [0.5, 0.6) is 0 Å². The Hall–Kier alpha value is -0.660. The van der Waals surface area contributed by atoms with Crippen molar-refractivity contribution in [3.63, 3.8) is 0 Å². The van der Waals surface area contributed by atoms with Crippen LogP contribution >= 0.6 is 22.6 Å². The van der Waals surface area contributed by atoms with E-state index in [9.17, 15) is 4.79 Å². The highest BCUT2D eigenvalue weighted by Gasteiger charge is 2.04. The standard InChI is InChI=1S/C10H13IN2O2/c1-7(13-15-6-10(12)14)8-2-4-9(11)5-3-8/h2-5,7,13H,6H2,1H3,(H2,12,14). The lowest BCUT2D eigenvalue weighted by atomic mass is 10.1. The van der Waals surface area contributed by atoms with Crippen LogP contribution in [-0.4, -0.2) is 12.5 Å². The van der Waals surface area contributed by atoms with E-state index >= 15 is 0 Å². The topological polar surface area (TPSA) is 64.3 Å². The molecular formula is C10H13IN2O2. The Kier molecular flexibility index (Phi) is 5.00. The number of amides is 1. The molecule has 1 unspecified atom stereocenters. The molecule has 0 aliphatic rings. The Morgan fingerprint density at radius 3 is 2.67 bits per heavy atom. The molecule has 0 spiro atoms. The fraction of sp³-hybridized carbons (Fsp3) is 0.300. The summed E-state index contributed by atoms with van der Waals surface area (Å²) >= 11 is 2.24. The van der Waals surface area contributed by atoms with E-state index in [1.54, 1.807) is 0 Å². The molecule has 0 bridgehead atoms. The molecule has 0 aliphatic heterocycles. The summed E-state index contributed by atoms with van der Waals surface area (Å²) in [4.78, 5) is 15.3. The third kappa shape index (κ3) is 4.59. The first kappa shape index (κ1) is 12.4. The molecule has 4 nitrogen and oxygen atoms in total. The molecule has 5 heteroatoms. The van der Waals surface area contributed by atoms with E-state index < -0.39 is 5.91 Å². The van der Waals surface area contributed by atoms with Crippen molar-refractivity contribution in [3.8, 4) is 0 Å². The van der Waals surface area contributed by atoms with Crippen molar-refractivity contribution in [3.05, 3.63) is 33.4 Å². The van der Waals surface area contributed by atoms with Gasteiger partial charge in [0.15, 0.2) is 0 Å². The van der Waals surface area contributed by atoms with Crippen LogP contribution in [0.3, 0.4) is 0 Å². The van der Waals surface area contributed by atoms with Gasteiger partial charge in [0.1, 0.15) is 6.61 Å². The summed E-state index contributed by atoms with van der Waals surface area (Å²) < 4.78 is 1.18. The molecule has 82 valence electrons. The van der Waals surface area contributed by atoms with Crippen molar-refractivity contribution in [2.45, 2.75) is 13.0 Å². The summed E-state index contributed by atoms with van der Waals surface area (Å²) in [6, 6.07) is 8.08. The third-order valence-electron chi connectivity index (χ3n) is 1.84. The second-order valence-corrected chi connectivity index (χ2v) is 4.39. The quantitative estimate of drug-likeness (QED) is 0.636. The number of hydroxylamine groups is 1. The Labute approximate surface area is 102 Å². The van der Waals surface area contributed by atoms with E-state index in [2.05, 4.69) is 28.1 Å². The second kappa shape index (κ2) is 6.04. The van der Waals surface area contributed by atoms with Gasteiger partial charge < -0.3 is 5.73 Å². The number of nitrogens with two attached hydrogens (primary N) is 1. The molecule has 0 radical (unpaired) electrons. The van der Waals surface area contributed by atoms with E-state index in [1.165, 1.54) is 3.57 Å². The van der Waals surface area contributed by atoms with Gasteiger partial charge in [0.25, 0.3) is 0 Å². The molecule has 0 aromatic heterocycles. The molecule has 0 saturated carbocycles. The number of nitrogens with one attached hydrogen (secondary N) is 1. The van der Waals surface area contributed by atoms with Crippen molar-refractivity contribution < 1.29 is 9.63 Å². The van der Waals surface area contributed by atoms with Gasteiger partial charge in [-0.25, -0.2) is 0 Å². The van der Waals surface area contributed by atoms with Crippen LogP contribution in [0.2, 0.25) is 0 Å². The maximum Gasteiger partial charge on any atom is 0.245 e. The summed E-state index contributed by atoms with van der Waals surface area (Å²) in [6.45, 7) is 1.83. The Morgan fingerprint density at radius 1 is 1.53 bits per heavy atom. The van der Waals surface area contributed by atoms with E-state index in [-0.39, 0.29) is 12.6 Å². The molecule has 1 amide bonds. The zero-order valence-corrected chi connectivity index (χ0v) is 10.5. The van der Waals surface area contributed by atoms with Gasteiger partial charge in [0, 0.05) is 3.57 Å². The van der Waals surface area contributed by atoms with Crippen LogP contribution < -0.4 is 11.2 Å². The van der Waals surface area contributed by atoms with E-state index in [0.29, 0.717) is 0 Å². The van der Waals surface area contributed by atoms with Crippen LogP contribution in [0.25, 0.3) is 0 Å². The van der Waals surface area contributed by atoms with E-state index in [1.807, 2.05) is 31.2 Å². The summed E-state index contributed by atoms with van der Waals surface area (Å²) in [5, 5.41) is 0. The Morgan fingerprint density at radius 2 is 2.13 bits per heavy atom. The number of primary amides is 1. The number of benzene rings is 1. The molecule has 0 saturated heterocycles. The minimum absolute atomic E-state index is 0.0290. The first-order valence-corrected chi connectivity index (χ1v) is 5.58. The molecule has 0 heterocycles. The van der Waals surface area contributed by atoms with Gasteiger partial charge >= 0.3 is 0 Å². The predicted molar refractivity (Wildman–Crippen MR) is 65.9 cm³/mol. The highest BCUT2D eigenvalue weighted by atomic mass is 127. The largest absolute Gasteiger partial charge is 0.368 e. The molecule has 1 aromatic carbocycles. The van der Waals surface area contributed by atoms with E-state index in [0.717, 1.165) is 5.56 Å². The van der Waals surface area contributed by atoms with Crippen LogP contribution in [0.15, 0.2) is 24.3 Å². The van der Waals surface area contributed by atoms with Gasteiger partial charge in [-0.2, -0.15) is 5.48 Å². The van der Waals surface area contributed by atoms with Gasteiger partial charge in [-0.1, -0.05) is 12.1 Å². The van der Waals surface area contributed by atoms with Crippen molar-refractivity contribution in [1.29, 1.82) is 0 Å². The van der Waals surface area contributed by atoms with Gasteiger partial charge in [-0.05, 0) is 47.2 Å². The van der Waals surface area contributed by atoms with Crippen molar-refractivity contribution in [2.24, 2.45) is 5.73 Å². The number of carbonyl (C=O) groups excluding carboxylic acids is 1. The van der Waals surface area contributed by atoms with Crippen molar-refractivity contribution >= 4 is 28.5 Å². The van der Waals surface area contributed by atoms with E-state index in [4.69, 9.17) is 10.6 Å². The first-order valence-electron chi connectivity index (χ1n) is 4.50. The molecule has 1 aromatic rings. The van der Waals surface area contributed by atoms with Gasteiger partial charge in [-0.3, -0.25) is 9.63 Å². The normalized spacial score (nSPS) is 12.4. The van der Waals surface area contributed by atoms with Crippen LogP contribution in [-0.2, 0) is 9.63 Å². The molecule has 1 atom stereocenters. The van der Waals surface area contributed by atoms with Crippen LogP contribution in [0, 0.1) is 3.57 Å². The van der Waals surface area contributed by atoms with Crippen molar-refractivity contribution in [2.75, 3.05) is 6.61 Å². The van der Waals surface area contributed by atoms with Gasteiger partial charge in [0.2, 0.25) is 5.91 Å². The fourth-order valence-electron chi connectivity index (χ4n) is 1.06. The highest BCUT2D eigenvalue weighted by Crippen LogP contribution is 2.14. The minimum atomic E-state index is -0.489. The van der Waals surface area contributed by atoms with Crippen molar-refractivity contribution in [1.82, 2.24) is 5.48 Å². The summed E-state index contributed by atoms with van der Waals surface area (Å²) in [6.07, 6.45) is 0. The Balaban J connectivity index is 2.43. The molecule has 0 fully saturated rings. The minimum Gasteiger partial charge on any atom is -0.368 e. The summed E-state index contributed by atoms with van der Waals surface area (Å²) in [7, 11) is 0. The monoisotopic (exact) mass is 320 g/mol. The molecule has 1 rings (SSSR count). The molecule has 3 N–H and O–H groups in total. The summed E-state index contributed by atoms with van der Waals surface area (Å²) in [5.74, 6) is -0.489. The lowest BCUT2D eigenvalue weighted by molar-refractivity contribution is -0.126. The average molecular weight is 320 g/mol. The number of hydrogen-bond acceptors (Lipinski definition) is 3. The lowest BCUT2D eigenvalue weighted by Gasteiger charge is -2.13. The third-order valence-corrected chi connectivity index (χ3v) is 2.56. The first-order chi connectivity index (χ1) is 7.09. The fourth-order valence-corrected chi connectivity index (χ4v) is 1.42. The zero-order chi connectivity index (χ0) is 11.3. The maximum atomic E-state index is 10.4. The smallest absolute Gasteiger partial charge is 0.245 e. The van der Waals surface area contributed by atoms with Crippen LogP contribution in [0.4, 0.5) is 0 Å². The highest BCUT2D eigenvalue weighted by molar-refractivity contribution is 14.1. The molecule has 0 aliphatic carbocycles. The maximum absolute atomic E-state index is 10.4. The number of halogens is 1. The predicted octanol–water partition coefficient (Wildman–Crippen LogP) is 1.36.